The molecule has 1 aromatic carbocycles. The van der Waals surface area contributed by atoms with Crippen molar-refractivity contribution in [2.45, 2.75) is 40.2 Å². The standard InChI is InChI=1S/C13H19ClO/c1-9-7-10(5-6-11(9)14)8-12(15)13(2,3)4/h5-7,12,15H,8H2,1-4H3. The van der Waals surface area contributed by atoms with Crippen LogP contribution in [-0.2, 0) is 6.42 Å². The maximum absolute atomic E-state index is 9.97. The van der Waals surface area contributed by atoms with Gasteiger partial charge in [-0.2, -0.15) is 0 Å². The van der Waals surface area contributed by atoms with E-state index < -0.39 is 0 Å². The zero-order valence-corrected chi connectivity index (χ0v) is 10.6. The van der Waals surface area contributed by atoms with Gasteiger partial charge in [0, 0.05) is 5.02 Å². The number of halogens is 1. The Labute approximate surface area is 97.1 Å². The summed E-state index contributed by atoms with van der Waals surface area (Å²) in [7, 11) is 0. The van der Waals surface area contributed by atoms with Gasteiger partial charge in [0.25, 0.3) is 0 Å². The smallest absolute Gasteiger partial charge is 0.0628 e. The summed E-state index contributed by atoms with van der Waals surface area (Å²) in [4.78, 5) is 0. The molecule has 15 heavy (non-hydrogen) atoms. The van der Waals surface area contributed by atoms with E-state index >= 15 is 0 Å². The first-order chi connectivity index (χ1) is 6.80. The van der Waals surface area contributed by atoms with Crippen molar-refractivity contribution in [3.05, 3.63) is 34.3 Å². The number of benzene rings is 1. The largest absolute Gasteiger partial charge is 0.392 e. The molecule has 2 heteroatoms. The lowest BCUT2D eigenvalue weighted by molar-refractivity contribution is 0.0636. The molecule has 0 saturated carbocycles. The fourth-order valence-electron chi connectivity index (χ4n) is 1.36. The average Bonchev–Trinajstić information content (AvgIpc) is 2.10. The molecule has 84 valence electrons. The minimum absolute atomic E-state index is 0.0759. The lowest BCUT2D eigenvalue weighted by Gasteiger charge is -2.26. The highest BCUT2D eigenvalue weighted by Gasteiger charge is 2.22. The zero-order valence-electron chi connectivity index (χ0n) is 9.84. The summed E-state index contributed by atoms with van der Waals surface area (Å²) in [6.07, 6.45) is 0.361. The van der Waals surface area contributed by atoms with Crippen molar-refractivity contribution in [3.8, 4) is 0 Å². The van der Waals surface area contributed by atoms with Gasteiger partial charge in [-0.25, -0.2) is 0 Å². The molecule has 1 nitrogen and oxygen atoms in total. The van der Waals surface area contributed by atoms with E-state index in [1.54, 1.807) is 0 Å². The molecule has 0 aliphatic carbocycles. The Morgan fingerprint density at radius 3 is 2.40 bits per heavy atom. The van der Waals surface area contributed by atoms with Crippen LogP contribution in [-0.4, -0.2) is 11.2 Å². The fraction of sp³-hybridized carbons (Fsp3) is 0.538. The summed E-state index contributed by atoms with van der Waals surface area (Å²) in [6, 6.07) is 5.91. The molecular formula is C13H19ClO. The minimum atomic E-state index is -0.321. The Balaban J connectivity index is 2.78. The molecule has 0 bridgehead atoms. The van der Waals surface area contributed by atoms with Crippen LogP contribution in [0.15, 0.2) is 18.2 Å². The van der Waals surface area contributed by atoms with E-state index in [0.717, 1.165) is 16.1 Å². The van der Waals surface area contributed by atoms with E-state index in [4.69, 9.17) is 11.6 Å². The average molecular weight is 227 g/mol. The fourth-order valence-corrected chi connectivity index (χ4v) is 1.48. The van der Waals surface area contributed by atoms with Crippen molar-refractivity contribution in [3.63, 3.8) is 0 Å². The Bertz CT molecular complexity index is 339. The summed E-state index contributed by atoms with van der Waals surface area (Å²) in [5.74, 6) is 0. The predicted molar refractivity (Wildman–Crippen MR) is 65.4 cm³/mol. The van der Waals surface area contributed by atoms with E-state index in [1.807, 2.05) is 45.9 Å². The summed E-state index contributed by atoms with van der Waals surface area (Å²) in [5.41, 5.74) is 2.13. The Morgan fingerprint density at radius 2 is 1.93 bits per heavy atom. The monoisotopic (exact) mass is 226 g/mol. The molecular weight excluding hydrogens is 208 g/mol. The van der Waals surface area contributed by atoms with Gasteiger partial charge in [0.15, 0.2) is 0 Å². The molecule has 1 atom stereocenters. The topological polar surface area (TPSA) is 20.2 Å². The van der Waals surface area contributed by atoms with Crippen molar-refractivity contribution in [2.24, 2.45) is 5.41 Å². The van der Waals surface area contributed by atoms with E-state index in [2.05, 4.69) is 0 Å². The second-order valence-corrected chi connectivity index (χ2v) is 5.58. The van der Waals surface area contributed by atoms with E-state index in [1.165, 1.54) is 0 Å². The third-order valence-corrected chi connectivity index (χ3v) is 3.08. The summed E-state index contributed by atoms with van der Waals surface area (Å²) >= 11 is 5.94. The molecule has 0 amide bonds. The molecule has 0 heterocycles. The molecule has 0 aliphatic heterocycles. The molecule has 1 unspecified atom stereocenters. The first-order valence-electron chi connectivity index (χ1n) is 5.24. The maximum atomic E-state index is 9.97. The summed E-state index contributed by atoms with van der Waals surface area (Å²) < 4.78 is 0. The minimum Gasteiger partial charge on any atom is -0.392 e. The van der Waals surface area contributed by atoms with Crippen molar-refractivity contribution < 1.29 is 5.11 Å². The highest BCUT2D eigenvalue weighted by Crippen LogP contribution is 2.24. The van der Waals surface area contributed by atoms with Gasteiger partial charge < -0.3 is 5.11 Å². The van der Waals surface area contributed by atoms with E-state index in [0.29, 0.717) is 6.42 Å². The first kappa shape index (κ1) is 12.5. The predicted octanol–water partition coefficient (Wildman–Crippen LogP) is 3.60. The zero-order chi connectivity index (χ0) is 11.6. The normalized spacial score (nSPS) is 14.0. The van der Waals surface area contributed by atoms with Crippen molar-refractivity contribution in [1.82, 2.24) is 0 Å². The van der Waals surface area contributed by atoms with Crippen LogP contribution in [0.5, 0.6) is 0 Å². The summed E-state index contributed by atoms with van der Waals surface area (Å²) in [5, 5.41) is 10.7. The first-order valence-corrected chi connectivity index (χ1v) is 5.61. The third kappa shape index (κ3) is 3.51. The van der Waals surface area contributed by atoms with Crippen LogP contribution in [0, 0.1) is 12.3 Å². The molecule has 0 saturated heterocycles. The van der Waals surface area contributed by atoms with Crippen LogP contribution in [0.25, 0.3) is 0 Å². The van der Waals surface area contributed by atoms with Crippen molar-refractivity contribution >= 4 is 11.6 Å². The number of rotatable bonds is 2. The van der Waals surface area contributed by atoms with Crippen molar-refractivity contribution in [1.29, 1.82) is 0 Å². The highest BCUT2D eigenvalue weighted by atomic mass is 35.5. The van der Waals surface area contributed by atoms with Gasteiger partial charge in [-0.05, 0) is 36.0 Å². The molecule has 0 aliphatic rings. The molecule has 0 fully saturated rings. The van der Waals surface area contributed by atoms with Gasteiger partial charge in [-0.3, -0.25) is 0 Å². The number of aliphatic hydroxyl groups excluding tert-OH is 1. The Hall–Kier alpha value is -0.530. The molecule has 0 aromatic heterocycles. The SMILES string of the molecule is Cc1cc(CC(O)C(C)(C)C)ccc1Cl. The van der Waals surface area contributed by atoms with Gasteiger partial charge in [0.1, 0.15) is 0 Å². The lowest BCUT2D eigenvalue weighted by atomic mass is 9.85. The van der Waals surface area contributed by atoms with Gasteiger partial charge >= 0.3 is 0 Å². The van der Waals surface area contributed by atoms with Gasteiger partial charge in [0.2, 0.25) is 0 Å². The molecule has 1 N–H and O–H groups in total. The maximum Gasteiger partial charge on any atom is 0.0628 e. The van der Waals surface area contributed by atoms with Crippen LogP contribution in [0.4, 0.5) is 0 Å². The molecule has 1 aromatic rings. The van der Waals surface area contributed by atoms with Gasteiger partial charge in [-0.15, -0.1) is 0 Å². The van der Waals surface area contributed by atoms with Crippen molar-refractivity contribution in [2.75, 3.05) is 0 Å². The second kappa shape index (κ2) is 4.54. The molecule has 1 rings (SSSR count). The highest BCUT2D eigenvalue weighted by molar-refractivity contribution is 6.31. The van der Waals surface area contributed by atoms with Crippen LogP contribution in [0.1, 0.15) is 31.9 Å². The summed E-state index contributed by atoms with van der Waals surface area (Å²) in [6.45, 7) is 8.11. The Kier molecular flexibility index (Phi) is 3.80. The number of aryl methyl sites for hydroxylation is 1. The molecule has 0 radical (unpaired) electrons. The number of aliphatic hydroxyl groups is 1. The van der Waals surface area contributed by atoms with Crippen LogP contribution < -0.4 is 0 Å². The van der Waals surface area contributed by atoms with E-state index in [9.17, 15) is 5.11 Å². The third-order valence-electron chi connectivity index (χ3n) is 2.65. The van der Waals surface area contributed by atoms with Crippen LogP contribution >= 0.6 is 11.6 Å². The Morgan fingerprint density at radius 1 is 1.33 bits per heavy atom. The number of hydrogen-bond donors (Lipinski definition) is 1. The molecule has 0 spiro atoms. The lowest BCUT2D eigenvalue weighted by Crippen LogP contribution is -2.28. The second-order valence-electron chi connectivity index (χ2n) is 5.17. The van der Waals surface area contributed by atoms with Crippen LogP contribution in [0.3, 0.4) is 0 Å². The van der Waals surface area contributed by atoms with E-state index in [-0.39, 0.29) is 11.5 Å². The number of hydrogen-bond acceptors (Lipinski definition) is 1. The van der Waals surface area contributed by atoms with Gasteiger partial charge in [0.05, 0.1) is 6.10 Å². The quantitative estimate of drug-likeness (QED) is 0.817. The van der Waals surface area contributed by atoms with Gasteiger partial charge in [-0.1, -0.05) is 44.5 Å². The van der Waals surface area contributed by atoms with Crippen LogP contribution in [0.2, 0.25) is 5.02 Å².